The number of nitrogens with two attached hydrogens (primary N) is 1. The average Bonchev–Trinajstić information content (AvgIpc) is 2.35. The molecule has 1 aromatic heterocycles. The molecule has 0 aliphatic rings. The molecule has 0 spiro atoms. The summed E-state index contributed by atoms with van der Waals surface area (Å²) in [5.41, 5.74) is 6.36. The maximum Gasteiger partial charge on any atom is 0.226 e. The van der Waals surface area contributed by atoms with E-state index in [1.165, 1.54) is 0 Å². The largest absolute Gasteiger partial charge is 0.494 e. The molecule has 0 aliphatic heterocycles. The van der Waals surface area contributed by atoms with Gasteiger partial charge in [0.05, 0.1) is 6.61 Å². The molecule has 0 atom stereocenters. The summed E-state index contributed by atoms with van der Waals surface area (Å²) in [6.07, 6.45) is 1.63. The van der Waals surface area contributed by atoms with E-state index in [0.29, 0.717) is 18.2 Å². The molecule has 0 fully saturated rings. The molecule has 2 aromatic rings. The summed E-state index contributed by atoms with van der Waals surface area (Å²) < 4.78 is 11.1. The Morgan fingerprint density at radius 1 is 1.28 bits per heavy atom. The fourth-order valence-electron chi connectivity index (χ4n) is 1.45. The molecule has 0 saturated heterocycles. The highest BCUT2D eigenvalue weighted by Gasteiger charge is 2.05. The van der Waals surface area contributed by atoms with Crippen LogP contribution in [0.5, 0.6) is 17.4 Å². The fraction of sp³-hybridized carbons (Fsp3) is 0.231. The zero-order valence-corrected chi connectivity index (χ0v) is 10.4. The molecule has 0 bridgehead atoms. The molecule has 18 heavy (non-hydrogen) atoms. The highest BCUT2D eigenvalue weighted by atomic mass is 16.5. The number of hydrogen-bond acceptors (Lipinski definition) is 5. The van der Waals surface area contributed by atoms with Crippen molar-refractivity contribution in [2.75, 3.05) is 12.3 Å². The zero-order valence-electron chi connectivity index (χ0n) is 10.4. The summed E-state index contributed by atoms with van der Waals surface area (Å²) in [6, 6.07) is 7.37. The summed E-state index contributed by atoms with van der Waals surface area (Å²) >= 11 is 0. The van der Waals surface area contributed by atoms with Gasteiger partial charge < -0.3 is 15.2 Å². The van der Waals surface area contributed by atoms with E-state index in [9.17, 15) is 0 Å². The first-order valence-corrected chi connectivity index (χ1v) is 5.69. The third-order valence-electron chi connectivity index (χ3n) is 2.27. The zero-order chi connectivity index (χ0) is 13.0. The Hall–Kier alpha value is -2.30. The van der Waals surface area contributed by atoms with E-state index < -0.39 is 0 Å². The number of anilines is 1. The molecule has 0 unspecified atom stereocenters. The summed E-state index contributed by atoms with van der Waals surface area (Å²) in [7, 11) is 0. The quantitative estimate of drug-likeness (QED) is 0.896. The molecule has 2 N–H and O–H groups in total. The van der Waals surface area contributed by atoms with Gasteiger partial charge in [-0.05, 0) is 26.0 Å². The highest BCUT2D eigenvalue weighted by molar-refractivity contribution is 5.37. The number of nitrogens with zero attached hydrogens (tertiary/aromatic N) is 2. The van der Waals surface area contributed by atoms with E-state index in [1.54, 1.807) is 12.3 Å². The SMILES string of the molecule is CCOc1cccc(Oc2nc(N)ncc2C)c1. The van der Waals surface area contributed by atoms with Crippen molar-refractivity contribution in [1.82, 2.24) is 9.97 Å². The van der Waals surface area contributed by atoms with Gasteiger partial charge >= 0.3 is 0 Å². The molecular weight excluding hydrogens is 230 g/mol. The van der Waals surface area contributed by atoms with Crippen LogP contribution in [0.1, 0.15) is 12.5 Å². The number of nitrogen functional groups attached to an aromatic ring is 1. The van der Waals surface area contributed by atoms with Crippen LogP contribution in [-0.4, -0.2) is 16.6 Å². The molecule has 2 rings (SSSR count). The lowest BCUT2D eigenvalue weighted by molar-refractivity contribution is 0.338. The molecule has 5 nitrogen and oxygen atoms in total. The average molecular weight is 245 g/mol. The second-order valence-corrected chi connectivity index (χ2v) is 3.73. The van der Waals surface area contributed by atoms with Crippen molar-refractivity contribution < 1.29 is 9.47 Å². The van der Waals surface area contributed by atoms with Crippen LogP contribution in [-0.2, 0) is 0 Å². The van der Waals surface area contributed by atoms with Crippen molar-refractivity contribution in [3.8, 4) is 17.4 Å². The lowest BCUT2D eigenvalue weighted by Gasteiger charge is -2.09. The Bertz CT molecular complexity index is 544. The Labute approximate surface area is 106 Å². The monoisotopic (exact) mass is 245 g/mol. The lowest BCUT2D eigenvalue weighted by Crippen LogP contribution is -1.99. The second kappa shape index (κ2) is 5.35. The third kappa shape index (κ3) is 2.88. The van der Waals surface area contributed by atoms with Crippen molar-refractivity contribution in [2.45, 2.75) is 13.8 Å². The van der Waals surface area contributed by atoms with Crippen LogP contribution in [0.15, 0.2) is 30.5 Å². The highest BCUT2D eigenvalue weighted by Crippen LogP contribution is 2.26. The predicted molar refractivity (Wildman–Crippen MR) is 68.9 cm³/mol. The van der Waals surface area contributed by atoms with Gasteiger partial charge in [-0.1, -0.05) is 6.07 Å². The molecule has 0 aliphatic carbocycles. The maximum absolute atomic E-state index is 5.67. The van der Waals surface area contributed by atoms with Gasteiger partial charge in [0, 0.05) is 17.8 Å². The van der Waals surface area contributed by atoms with E-state index in [2.05, 4.69) is 9.97 Å². The molecule has 94 valence electrons. The minimum Gasteiger partial charge on any atom is -0.494 e. The summed E-state index contributed by atoms with van der Waals surface area (Å²) in [6.45, 7) is 4.41. The van der Waals surface area contributed by atoms with E-state index in [0.717, 1.165) is 11.3 Å². The summed E-state index contributed by atoms with van der Waals surface area (Å²) in [4.78, 5) is 7.94. The van der Waals surface area contributed by atoms with Gasteiger partial charge in [-0.25, -0.2) is 4.98 Å². The van der Waals surface area contributed by atoms with Crippen molar-refractivity contribution >= 4 is 5.95 Å². The van der Waals surface area contributed by atoms with Crippen molar-refractivity contribution in [3.05, 3.63) is 36.0 Å². The molecule has 1 heterocycles. The lowest BCUT2D eigenvalue weighted by atomic mass is 10.3. The topological polar surface area (TPSA) is 70.3 Å². The first-order chi connectivity index (χ1) is 8.69. The predicted octanol–water partition coefficient (Wildman–Crippen LogP) is 2.56. The van der Waals surface area contributed by atoms with E-state index in [4.69, 9.17) is 15.2 Å². The van der Waals surface area contributed by atoms with Crippen LogP contribution < -0.4 is 15.2 Å². The number of aromatic nitrogens is 2. The van der Waals surface area contributed by atoms with E-state index in [1.807, 2.05) is 32.0 Å². The Kier molecular flexibility index (Phi) is 3.62. The van der Waals surface area contributed by atoms with Crippen LogP contribution >= 0.6 is 0 Å². The number of aryl methyl sites for hydroxylation is 1. The molecule has 1 aromatic carbocycles. The van der Waals surface area contributed by atoms with Gasteiger partial charge in [0.2, 0.25) is 11.8 Å². The Balaban J connectivity index is 2.22. The summed E-state index contributed by atoms with van der Waals surface area (Å²) in [5.74, 6) is 2.06. The Morgan fingerprint density at radius 2 is 2.06 bits per heavy atom. The number of rotatable bonds is 4. The van der Waals surface area contributed by atoms with Crippen molar-refractivity contribution in [3.63, 3.8) is 0 Å². The number of hydrogen-bond donors (Lipinski definition) is 1. The first kappa shape index (κ1) is 12.2. The molecule has 0 radical (unpaired) electrons. The third-order valence-corrected chi connectivity index (χ3v) is 2.27. The smallest absolute Gasteiger partial charge is 0.226 e. The number of ether oxygens (including phenoxy) is 2. The van der Waals surface area contributed by atoms with Gasteiger partial charge in [-0.3, -0.25) is 0 Å². The number of benzene rings is 1. The van der Waals surface area contributed by atoms with Gasteiger partial charge in [0.25, 0.3) is 0 Å². The molecule has 5 heteroatoms. The molecule has 0 saturated carbocycles. The van der Waals surface area contributed by atoms with Crippen LogP contribution in [0.2, 0.25) is 0 Å². The minimum atomic E-state index is 0.191. The van der Waals surface area contributed by atoms with Crippen molar-refractivity contribution in [1.29, 1.82) is 0 Å². The molecular formula is C13H15N3O2. The standard InChI is InChI=1S/C13H15N3O2/c1-3-17-10-5-4-6-11(7-10)18-12-9(2)8-15-13(14)16-12/h4-8H,3H2,1-2H3,(H2,14,15,16). The first-order valence-electron chi connectivity index (χ1n) is 5.69. The van der Waals surface area contributed by atoms with Crippen LogP contribution in [0.4, 0.5) is 5.95 Å². The van der Waals surface area contributed by atoms with Crippen molar-refractivity contribution in [2.24, 2.45) is 0 Å². The van der Waals surface area contributed by atoms with Gasteiger partial charge in [-0.15, -0.1) is 0 Å². The van der Waals surface area contributed by atoms with E-state index in [-0.39, 0.29) is 5.95 Å². The van der Waals surface area contributed by atoms with Crippen LogP contribution in [0, 0.1) is 6.92 Å². The van der Waals surface area contributed by atoms with Gasteiger partial charge in [0.15, 0.2) is 0 Å². The maximum atomic E-state index is 5.67. The Morgan fingerprint density at radius 3 is 2.83 bits per heavy atom. The summed E-state index contributed by atoms with van der Waals surface area (Å²) in [5, 5.41) is 0. The minimum absolute atomic E-state index is 0.191. The normalized spacial score (nSPS) is 10.1. The van der Waals surface area contributed by atoms with Gasteiger partial charge in [0.1, 0.15) is 11.5 Å². The van der Waals surface area contributed by atoms with Gasteiger partial charge in [-0.2, -0.15) is 4.98 Å². The van der Waals surface area contributed by atoms with Crippen LogP contribution in [0.3, 0.4) is 0 Å². The molecule has 0 amide bonds. The second-order valence-electron chi connectivity index (χ2n) is 3.73. The fourth-order valence-corrected chi connectivity index (χ4v) is 1.45. The van der Waals surface area contributed by atoms with E-state index >= 15 is 0 Å². The van der Waals surface area contributed by atoms with Crippen LogP contribution in [0.25, 0.3) is 0 Å².